The molecule has 1 aliphatic heterocycles. The third-order valence-corrected chi connectivity index (χ3v) is 5.77. The number of ether oxygens (including phenoxy) is 3. The van der Waals surface area contributed by atoms with Gasteiger partial charge in [0.1, 0.15) is 5.58 Å². The van der Waals surface area contributed by atoms with Crippen LogP contribution in [0.2, 0.25) is 5.02 Å². The van der Waals surface area contributed by atoms with Crippen LogP contribution in [0.4, 0.5) is 0 Å². The molecule has 1 amide bonds. The Labute approximate surface area is 207 Å². The SMILES string of the molecule is O=C(NCc1ccc(Cl)cc1)C1=C[C@@H](c2coc3ccccc3c2=O)C[C@@H](OCCOCCO)O1. The molecule has 3 aromatic rings. The second kappa shape index (κ2) is 12.0. The van der Waals surface area contributed by atoms with Crippen molar-refractivity contribution in [3.05, 3.63) is 93.0 Å². The Morgan fingerprint density at radius 1 is 1.11 bits per heavy atom. The number of hydrogen-bond donors (Lipinski definition) is 2. The zero-order valence-corrected chi connectivity index (χ0v) is 19.7. The smallest absolute Gasteiger partial charge is 0.286 e. The minimum absolute atomic E-state index is 0.0593. The molecule has 9 heteroatoms. The van der Waals surface area contributed by atoms with Crippen molar-refractivity contribution in [2.45, 2.75) is 25.2 Å². The normalized spacial score (nSPS) is 17.6. The van der Waals surface area contributed by atoms with Crippen LogP contribution in [0, 0.1) is 0 Å². The number of rotatable bonds is 10. The van der Waals surface area contributed by atoms with Gasteiger partial charge in [-0.3, -0.25) is 9.59 Å². The van der Waals surface area contributed by atoms with Gasteiger partial charge in [-0.05, 0) is 35.9 Å². The standard InChI is InChI=1S/C26H26ClNO7/c27-19-7-5-17(6-8-19)15-28-26(31)23-13-18(14-24(35-23)33-12-11-32-10-9-29)21-16-34-22-4-2-1-3-20(22)25(21)30/h1-8,13,16,18,24,29H,9-12,14-15H2,(H,28,31)/t18-,24+/m1/s1. The van der Waals surface area contributed by atoms with Gasteiger partial charge in [-0.2, -0.15) is 0 Å². The minimum atomic E-state index is -0.773. The van der Waals surface area contributed by atoms with Gasteiger partial charge in [0.15, 0.2) is 11.2 Å². The van der Waals surface area contributed by atoms with Gasteiger partial charge in [0, 0.05) is 29.5 Å². The lowest BCUT2D eigenvalue weighted by Gasteiger charge is -2.29. The Morgan fingerprint density at radius 3 is 2.71 bits per heavy atom. The van der Waals surface area contributed by atoms with E-state index in [2.05, 4.69) is 5.32 Å². The summed E-state index contributed by atoms with van der Waals surface area (Å²) in [5.74, 6) is -0.826. The average molecular weight is 500 g/mol. The first-order chi connectivity index (χ1) is 17.0. The van der Waals surface area contributed by atoms with E-state index in [-0.39, 0.29) is 44.2 Å². The molecule has 0 saturated heterocycles. The molecule has 8 nitrogen and oxygen atoms in total. The van der Waals surface area contributed by atoms with Crippen molar-refractivity contribution < 1.29 is 28.5 Å². The molecule has 2 atom stereocenters. The maximum atomic E-state index is 13.2. The summed E-state index contributed by atoms with van der Waals surface area (Å²) >= 11 is 5.92. The second-order valence-electron chi connectivity index (χ2n) is 7.95. The third kappa shape index (κ3) is 6.49. The van der Waals surface area contributed by atoms with Gasteiger partial charge in [-0.1, -0.05) is 35.9 Å². The fourth-order valence-electron chi connectivity index (χ4n) is 3.76. The molecule has 2 aromatic carbocycles. The van der Waals surface area contributed by atoms with Crippen molar-refractivity contribution in [1.29, 1.82) is 0 Å². The summed E-state index contributed by atoms with van der Waals surface area (Å²) in [6.45, 7) is 0.850. The van der Waals surface area contributed by atoms with Crippen molar-refractivity contribution in [2.75, 3.05) is 26.4 Å². The molecule has 0 saturated carbocycles. The van der Waals surface area contributed by atoms with E-state index in [1.54, 1.807) is 42.5 Å². The van der Waals surface area contributed by atoms with Crippen LogP contribution in [0.5, 0.6) is 0 Å². The van der Waals surface area contributed by atoms with Gasteiger partial charge in [0.05, 0.1) is 38.1 Å². The lowest BCUT2D eigenvalue weighted by atomic mass is 9.93. The molecule has 1 aliphatic rings. The predicted molar refractivity (Wildman–Crippen MR) is 130 cm³/mol. The minimum Gasteiger partial charge on any atom is -0.464 e. The van der Waals surface area contributed by atoms with Crippen LogP contribution in [0.3, 0.4) is 0 Å². The molecule has 0 spiro atoms. The first-order valence-corrected chi connectivity index (χ1v) is 11.6. The van der Waals surface area contributed by atoms with Crippen LogP contribution in [0.25, 0.3) is 11.0 Å². The Morgan fingerprint density at radius 2 is 1.91 bits per heavy atom. The molecule has 35 heavy (non-hydrogen) atoms. The topological polar surface area (TPSA) is 107 Å². The van der Waals surface area contributed by atoms with E-state index in [1.807, 2.05) is 12.1 Å². The maximum absolute atomic E-state index is 13.2. The third-order valence-electron chi connectivity index (χ3n) is 5.52. The number of carbonyl (C=O) groups excluding carboxylic acids is 1. The van der Waals surface area contributed by atoms with Gasteiger partial charge in [0.25, 0.3) is 5.91 Å². The molecule has 184 valence electrons. The number of carbonyl (C=O) groups is 1. The number of fused-ring (bicyclic) bond motifs is 1. The summed E-state index contributed by atoms with van der Waals surface area (Å²) in [6, 6.07) is 14.1. The number of aliphatic hydroxyl groups is 1. The summed E-state index contributed by atoms with van der Waals surface area (Å²) in [4.78, 5) is 26.1. The number of aliphatic hydroxyl groups excluding tert-OH is 1. The summed E-state index contributed by atoms with van der Waals surface area (Å²) in [5, 5.41) is 12.7. The highest BCUT2D eigenvalue weighted by Gasteiger charge is 2.30. The maximum Gasteiger partial charge on any atom is 0.286 e. The van der Waals surface area contributed by atoms with Crippen molar-refractivity contribution >= 4 is 28.5 Å². The second-order valence-corrected chi connectivity index (χ2v) is 8.39. The predicted octanol–water partition coefficient (Wildman–Crippen LogP) is 3.50. The Bertz CT molecular complexity index is 1240. The van der Waals surface area contributed by atoms with Crippen LogP contribution in [-0.2, 0) is 25.5 Å². The molecule has 2 heterocycles. The number of hydrogen-bond acceptors (Lipinski definition) is 7. The molecule has 2 N–H and O–H groups in total. The van der Waals surface area contributed by atoms with Crippen LogP contribution in [0.1, 0.15) is 23.5 Å². The number of halogens is 1. The van der Waals surface area contributed by atoms with E-state index in [0.29, 0.717) is 28.0 Å². The highest BCUT2D eigenvalue weighted by molar-refractivity contribution is 6.30. The summed E-state index contributed by atoms with van der Waals surface area (Å²) in [5.41, 5.74) is 1.62. The molecule has 0 bridgehead atoms. The van der Waals surface area contributed by atoms with Gasteiger partial charge in [-0.25, -0.2) is 0 Å². The van der Waals surface area contributed by atoms with Crippen molar-refractivity contribution in [2.24, 2.45) is 0 Å². The first kappa shape index (κ1) is 24.9. The number of nitrogens with one attached hydrogen (secondary N) is 1. The van der Waals surface area contributed by atoms with E-state index in [0.717, 1.165) is 5.56 Å². The van der Waals surface area contributed by atoms with Crippen molar-refractivity contribution in [3.63, 3.8) is 0 Å². The molecule has 0 aliphatic carbocycles. The molecular formula is C26H26ClNO7. The van der Waals surface area contributed by atoms with E-state index in [4.69, 9.17) is 35.3 Å². The monoisotopic (exact) mass is 499 g/mol. The number of benzene rings is 2. The molecular weight excluding hydrogens is 474 g/mol. The zero-order valence-electron chi connectivity index (χ0n) is 18.9. The van der Waals surface area contributed by atoms with E-state index in [1.165, 1.54) is 6.26 Å². The lowest BCUT2D eigenvalue weighted by Crippen LogP contribution is -2.34. The number of para-hydroxylation sites is 1. The van der Waals surface area contributed by atoms with Crippen LogP contribution in [-0.4, -0.2) is 43.7 Å². The lowest BCUT2D eigenvalue weighted by molar-refractivity contribution is -0.151. The molecule has 4 rings (SSSR count). The fraction of sp³-hybridized carbons (Fsp3) is 0.308. The summed E-state index contributed by atoms with van der Waals surface area (Å²) < 4.78 is 22.5. The van der Waals surface area contributed by atoms with Crippen LogP contribution < -0.4 is 10.7 Å². The van der Waals surface area contributed by atoms with Crippen molar-refractivity contribution in [3.8, 4) is 0 Å². The molecule has 0 radical (unpaired) electrons. The summed E-state index contributed by atoms with van der Waals surface area (Å²) in [7, 11) is 0. The van der Waals surface area contributed by atoms with E-state index in [9.17, 15) is 9.59 Å². The Hall–Kier alpha value is -3.17. The molecule has 0 unspecified atom stereocenters. The highest BCUT2D eigenvalue weighted by Crippen LogP contribution is 2.31. The highest BCUT2D eigenvalue weighted by atomic mass is 35.5. The van der Waals surface area contributed by atoms with E-state index >= 15 is 0 Å². The number of amides is 1. The van der Waals surface area contributed by atoms with Gasteiger partial charge < -0.3 is 29.1 Å². The summed E-state index contributed by atoms with van der Waals surface area (Å²) in [6.07, 6.45) is 2.60. The molecule has 0 fully saturated rings. The molecule has 1 aromatic heterocycles. The fourth-order valence-corrected chi connectivity index (χ4v) is 3.89. The van der Waals surface area contributed by atoms with Gasteiger partial charge >= 0.3 is 0 Å². The first-order valence-electron chi connectivity index (χ1n) is 11.3. The zero-order chi connectivity index (χ0) is 24.6. The average Bonchev–Trinajstić information content (AvgIpc) is 2.88. The number of allylic oxidation sites excluding steroid dienone is 1. The van der Waals surface area contributed by atoms with Crippen LogP contribution >= 0.6 is 11.6 Å². The van der Waals surface area contributed by atoms with Gasteiger partial charge in [-0.15, -0.1) is 0 Å². The Balaban J connectivity index is 1.53. The van der Waals surface area contributed by atoms with E-state index < -0.39 is 18.1 Å². The largest absolute Gasteiger partial charge is 0.464 e. The van der Waals surface area contributed by atoms with Gasteiger partial charge in [0.2, 0.25) is 6.29 Å². The van der Waals surface area contributed by atoms with Crippen LogP contribution in [0.15, 0.2) is 75.8 Å². The Kier molecular flexibility index (Phi) is 8.54. The quantitative estimate of drug-likeness (QED) is 0.411. The van der Waals surface area contributed by atoms with Crippen molar-refractivity contribution in [1.82, 2.24) is 5.32 Å².